The standard InChI is InChI=1S/C12H15N3O4S/c1-8(2)6-9(12(16)17)15-20(18,19)11-4-3-5-14-10(11)7-13/h3-5,8-9,15H,6H2,1-2H3,(H,16,17)/t9-/m0/s1. The molecule has 0 unspecified atom stereocenters. The van der Waals surface area contributed by atoms with Gasteiger partial charge in [-0.1, -0.05) is 13.8 Å². The smallest absolute Gasteiger partial charge is 0.321 e. The molecule has 0 aliphatic carbocycles. The van der Waals surface area contributed by atoms with Crippen molar-refractivity contribution in [2.75, 3.05) is 0 Å². The molecular formula is C12H15N3O4S. The SMILES string of the molecule is CC(C)C[C@H](NS(=O)(=O)c1cccnc1C#N)C(=O)O. The summed E-state index contributed by atoms with van der Waals surface area (Å²) in [6.07, 6.45) is 1.44. The molecule has 7 nitrogen and oxygen atoms in total. The quantitative estimate of drug-likeness (QED) is 0.798. The summed E-state index contributed by atoms with van der Waals surface area (Å²) in [5.41, 5.74) is -0.270. The second-order valence-corrected chi connectivity index (χ2v) is 6.29. The molecule has 0 amide bonds. The summed E-state index contributed by atoms with van der Waals surface area (Å²) >= 11 is 0. The largest absolute Gasteiger partial charge is 0.480 e. The summed E-state index contributed by atoms with van der Waals surface area (Å²) in [6.45, 7) is 3.57. The van der Waals surface area contributed by atoms with E-state index in [4.69, 9.17) is 10.4 Å². The van der Waals surface area contributed by atoms with Gasteiger partial charge in [-0.3, -0.25) is 4.79 Å². The summed E-state index contributed by atoms with van der Waals surface area (Å²) in [6, 6.07) is 3.00. The molecule has 0 aromatic carbocycles. The number of pyridine rings is 1. The van der Waals surface area contributed by atoms with E-state index >= 15 is 0 Å². The van der Waals surface area contributed by atoms with E-state index in [1.807, 2.05) is 0 Å². The lowest BCUT2D eigenvalue weighted by Gasteiger charge is -2.16. The van der Waals surface area contributed by atoms with E-state index in [0.717, 1.165) is 0 Å². The minimum absolute atomic E-state index is 0.00290. The van der Waals surface area contributed by atoms with Crippen molar-refractivity contribution in [3.63, 3.8) is 0 Å². The Morgan fingerprint density at radius 1 is 1.55 bits per heavy atom. The Labute approximate surface area is 117 Å². The first-order valence-corrected chi connectivity index (χ1v) is 7.36. The summed E-state index contributed by atoms with van der Waals surface area (Å²) < 4.78 is 26.4. The van der Waals surface area contributed by atoms with E-state index in [1.165, 1.54) is 18.3 Å². The lowest BCUT2D eigenvalue weighted by atomic mass is 10.1. The molecule has 1 rings (SSSR count). The number of nitriles is 1. The van der Waals surface area contributed by atoms with Crippen LogP contribution >= 0.6 is 0 Å². The van der Waals surface area contributed by atoms with Crippen molar-refractivity contribution in [1.82, 2.24) is 9.71 Å². The van der Waals surface area contributed by atoms with Crippen molar-refractivity contribution in [3.05, 3.63) is 24.0 Å². The zero-order valence-electron chi connectivity index (χ0n) is 11.1. The molecule has 8 heteroatoms. The Morgan fingerprint density at radius 3 is 2.70 bits per heavy atom. The third-order valence-corrected chi connectivity index (χ3v) is 3.97. The highest BCUT2D eigenvalue weighted by Gasteiger charge is 2.28. The highest BCUT2D eigenvalue weighted by atomic mass is 32.2. The van der Waals surface area contributed by atoms with Crippen molar-refractivity contribution in [1.29, 1.82) is 5.26 Å². The molecule has 1 heterocycles. The molecule has 0 spiro atoms. The number of carboxylic acids is 1. The molecule has 2 N–H and O–H groups in total. The van der Waals surface area contributed by atoms with Crippen LogP contribution in [0.2, 0.25) is 0 Å². The minimum atomic E-state index is -4.11. The van der Waals surface area contributed by atoms with Gasteiger partial charge < -0.3 is 5.11 Å². The number of carbonyl (C=O) groups is 1. The first kappa shape index (κ1) is 16.1. The van der Waals surface area contributed by atoms with E-state index in [9.17, 15) is 13.2 Å². The van der Waals surface area contributed by atoms with Crippen LogP contribution in [0.4, 0.5) is 0 Å². The van der Waals surface area contributed by atoms with Gasteiger partial charge in [0.2, 0.25) is 10.0 Å². The van der Waals surface area contributed by atoms with Gasteiger partial charge in [0.15, 0.2) is 5.69 Å². The van der Waals surface area contributed by atoms with Gasteiger partial charge in [-0.25, -0.2) is 13.4 Å². The van der Waals surface area contributed by atoms with Crippen LogP contribution in [0, 0.1) is 17.2 Å². The molecular weight excluding hydrogens is 282 g/mol. The zero-order valence-corrected chi connectivity index (χ0v) is 11.9. The van der Waals surface area contributed by atoms with Gasteiger partial charge in [0.1, 0.15) is 17.0 Å². The molecule has 0 fully saturated rings. The monoisotopic (exact) mass is 297 g/mol. The Morgan fingerprint density at radius 2 is 2.20 bits per heavy atom. The highest BCUT2D eigenvalue weighted by molar-refractivity contribution is 7.89. The summed E-state index contributed by atoms with van der Waals surface area (Å²) in [5.74, 6) is -1.26. The molecule has 0 bridgehead atoms. The lowest BCUT2D eigenvalue weighted by molar-refractivity contribution is -0.139. The molecule has 0 aliphatic heterocycles. The van der Waals surface area contributed by atoms with Crippen LogP contribution in [0.25, 0.3) is 0 Å². The van der Waals surface area contributed by atoms with Gasteiger partial charge in [0.25, 0.3) is 0 Å². The third kappa shape index (κ3) is 4.01. The van der Waals surface area contributed by atoms with Gasteiger partial charge in [0.05, 0.1) is 0 Å². The maximum absolute atomic E-state index is 12.1. The number of nitrogens with zero attached hydrogens (tertiary/aromatic N) is 2. The molecule has 0 radical (unpaired) electrons. The van der Waals surface area contributed by atoms with Crippen LogP contribution in [0.1, 0.15) is 26.0 Å². The second kappa shape index (κ2) is 6.45. The number of nitrogens with one attached hydrogen (secondary N) is 1. The van der Waals surface area contributed by atoms with Gasteiger partial charge in [0, 0.05) is 6.20 Å². The normalized spacial score (nSPS) is 12.9. The highest BCUT2D eigenvalue weighted by Crippen LogP contribution is 2.14. The maximum Gasteiger partial charge on any atom is 0.321 e. The molecule has 0 saturated carbocycles. The van der Waals surface area contributed by atoms with Gasteiger partial charge in [-0.2, -0.15) is 9.98 Å². The van der Waals surface area contributed by atoms with Crippen LogP contribution in [-0.2, 0) is 14.8 Å². The van der Waals surface area contributed by atoms with Crippen molar-refractivity contribution in [2.45, 2.75) is 31.2 Å². The number of carboxylic acid groups (broad SMARTS) is 1. The second-order valence-electron chi connectivity index (χ2n) is 4.60. The molecule has 0 saturated heterocycles. The van der Waals surface area contributed by atoms with E-state index < -0.39 is 22.0 Å². The fourth-order valence-electron chi connectivity index (χ4n) is 1.61. The van der Waals surface area contributed by atoms with Gasteiger partial charge in [-0.15, -0.1) is 0 Å². The molecule has 1 aromatic rings. The first-order valence-electron chi connectivity index (χ1n) is 5.88. The van der Waals surface area contributed by atoms with Crippen LogP contribution in [0.5, 0.6) is 0 Å². The summed E-state index contributed by atoms with van der Waals surface area (Å²) in [5, 5.41) is 17.9. The van der Waals surface area contributed by atoms with Crippen molar-refractivity contribution < 1.29 is 18.3 Å². The van der Waals surface area contributed by atoms with Crippen LogP contribution in [0.15, 0.2) is 23.2 Å². The predicted octanol–water partition coefficient (Wildman–Crippen LogP) is 0.731. The van der Waals surface area contributed by atoms with Gasteiger partial charge >= 0.3 is 5.97 Å². The van der Waals surface area contributed by atoms with E-state index in [1.54, 1.807) is 19.9 Å². The lowest BCUT2D eigenvalue weighted by Crippen LogP contribution is -2.41. The number of aromatic nitrogens is 1. The zero-order chi connectivity index (χ0) is 15.3. The van der Waals surface area contributed by atoms with Gasteiger partial charge in [-0.05, 0) is 24.5 Å². The average molecular weight is 297 g/mol. The number of rotatable bonds is 6. The topological polar surface area (TPSA) is 120 Å². The molecule has 1 aromatic heterocycles. The van der Waals surface area contributed by atoms with Crippen molar-refractivity contribution >= 4 is 16.0 Å². The van der Waals surface area contributed by atoms with E-state index in [0.29, 0.717) is 0 Å². The third-order valence-electron chi connectivity index (χ3n) is 2.47. The first-order chi connectivity index (χ1) is 9.27. The van der Waals surface area contributed by atoms with E-state index in [2.05, 4.69) is 9.71 Å². The summed E-state index contributed by atoms with van der Waals surface area (Å²) in [4.78, 5) is 14.4. The molecule has 1 atom stereocenters. The van der Waals surface area contributed by atoms with Crippen LogP contribution in [-0.4, -0.2) is 30.5 Å². The number of aliphatic carboxylic acids is 1. The van der Waals surface area contributed by atoms with Crippen molar-refractivity contribution in [3.8, 4) is 6.07 Å². The van der Waals surface area contributed by atoms with Crippen LogP contribution < -0.4 is 4.72 Å². The number of hydrogen-bond acceptors (Lipinski definition) is 5. The maximum atomic E-state index is 12.1. The minimum Gasteiger partial charge on any atom is -0.480 e. The summed E-state index contributed by atoms with van der Waals surface area (Å²) in [7, 11) is -4.11. The Balaban J connectivity index is 3.11. The number of hydrogen-bond donors (Lipinski definition) is 2. The molecule has 20 heavy (non-hydrogen) atoms. The Hall–Kier alpha value is -1.98. The van der Waals surface area contributed by atoms with E-state index in [-0.39, 0.29) is 22.9 Å². The van der Waals surface area contributed by atoms with Crippen LogP contribution in [0.3, 0.4) is 0 Å². The fourth-order valence-corrected chi connectivity index (χ4v) is 2.92. The Kier molecular flexibility index (Phi) is 5.19. The Bertz CT molecular complexity index is 634. The van der Waals surface area contributed by atoms with Crippen molar-refractivity contribution in [2.24, 2.45) is 5.92 Å². The fraction of sp³-hybridized carbons (Fsp3) is 0.417. The molecule has 108 valence electrons. The average Bonchev–Trinajstić information content (AvgIpc) is 2.37. The predicted molar refractivity (Wildman–Crippen MR) is 70.2 cm³/mol. The number of sulfonamides is 1. The molecule has 0 aliphatic rings.